The van der Waals surface area contributed by atoms with Gasteiger partial charge in [-0.15, -0.1) is 0 Å². The highest BCUT2D eigenvalue weighted by Gasteiger charge is 2.12. The summed E-state index contributed by atoms with van der Waals surface area (Å²) in [6.45, 7) is -0.641. The number of allylic oxidation sites excluding steroid dienone is 1. The van der Waals surface area contributed by atoms with Crippen molar-refractivity contribution >= 4 is 39.5 Å². The van der Waals surface area contributed by atoms with E-state index in [1.54, 1.807) is 18.2 Å². The largest absolute Gasteiger partial charge is 0.546 e. The van der Waals surface area contributed by atoms with E-state index in [1.165, 1.54) is 31.4 Å². The number of carboxylic acids is 2. The van der Waals surface area contributed by atoms with Crippen LogP contribution in [0.25, 0.3) is 11.6 Å². The first-order valence-corrected chi connectivity index (χ1v) is 8.28. The average Bonchev–Trinajstić information content (AvgIpc) is 2.64. The minimum atomic E-state index is -1.38. The highest BCUT2D eigenvalue weighted by molar-refractivity contribution is 9.10. The summed E-state index contributed by atoms with van der Waals surface area (Å²) in [6, 6.07) is 11.0. The molecular weight excluding hydrogens is 418 g/mol. The third-order valence-electron chi connectivity index (χ3n) is 3.45. The summed E-state index contributed by atoms with van der Waals surface area (Å²) in [7, 11) is 1.39. The number of carbonyl (C=O) groups excluding carboxylic acids is 2. The Morgan fingerprint density at radius 3 is 2.33 bits per heavy atom. The predicted octanol–water partition coefficient (Wildman–Crippen LogP) is 1.01. The molecule has 2 aromatic carbocycles. The topological polar surface area (TPSA) is 123 Å². The van der Waals surface area contributed by atoms with E-state index in [4.69, 9.17) is 9.47 Å². The van der Waals surface area contributed by atoms with Crippen LogP contribution in [0.2, 0.25) is 0 Å². The lowest BCUT2D eigenvalue weighted by molar-refractivity contribution is -0.307. The van der Waals surface area contributed by atoms with Crippen LogP contribution in [-0.2, 0) is 4.79 Å². The number of hydrogen-bond acceptors (Lipinski definition) is 7. The predicted molar refractivity (Wildman–Crippen MR) is 95.5 cm³/mol. The first kappa shape index (κ1) is 20.0. The summed E-state index contributed by atoms with van der Waals surface area (Å²) < 4.78 is 10.8. The number of aliphatic carboxylic acids is 1. The van der Waals surface area contributed by atoms with Crippen molar-refractivity contribution in [2.45, 2.75) is 0 Å². The minimum absolute atomic E-state index is 0.00914. The van der Waals surface area contributed by atoms with Gasteiger partial charge in [0.2, 0.25) is 0 Å². The third kappa shape index (κ3) is 5.09. The Hall–Kier alpha value is -3.31. The molecule has 0 bridgehead atoms. The monoisotopic (exact) mass is 429 g/mol. The van der Waals surface area contributed by atoms with E-state index in [1.807, 2.05) is 0 Å². The van der Waals surface area contributed by atoms with E-state index in [0.717, 1.165) is 0 Å². The molecule has 138 valence electrons. The third-order valence-corrected chi connectivity index (χ3v) is 4.04. The fourth-order valence-corrected chi connectivity index (χ4v) is 2.80. The molecule has 0 aliphatic rings. The lowest BCUT2D eigenvalue weighted by atomic mass is 10.0. The van der Waals surface area contributed by atoms with Gasteiger partial charge < -0.3 is 29.3 Å². The van der Waals surface area contributed by atoms with Crippen molar-refractivity contribution in [1.82, 2.24) is 0 Å². The van der Waals surface area contributed by atoms with Crippen LogP contribution in [0.5, 0.6) is 11.5 Å². The van der Waals surface area contributed by atoms with Crippen LogP contribution in [0.15, 0.2) is 40.9 Å². The highest BCUT2D eigenvalue weighted by atomic mass is 79.9. The molecule has 0 heterocycles. The van der Waals surface area contributed by atoms with Crippen LogP contribution in [0, 0.1) is 11.3 Å². The Bertz CT molecular complexity index is 944. The molecule has 0 radical (unpaired) electrons. The van der Waals surface area contributed by atoms with Gasteiger partial charge in [0.15, 0.2) is 11.5 Å². The maximum absolute atomic E-state index is 10.8. The highest BCUT2D eigenvalue weighted by Crippen LogP contribution is 2.37. The number of methoxy groups -OCH3 is 1. The smallest absolute Gasteiger partial charge is 0.175 e. The number of carboxylic acid groups (broad SMARTS) is 2. The Morgan fingerprint density at radius 2 is 1.81 bits per heavy atom. The van der Waals surface area contributed by atoms with Crippen molar-refractivity contribution in [2.75, 3.05) is 13.7 Å². The molecule has 0 unspecified atom stereocenters. The molecule has 0 saturated carbocycles. The number of nitriles is 1. The number of benzene rings is 2. The zero-order chi connectivity index (χ0) is 20.0. The zero-order valence-electron chi connectivity index (χ0n) is 14.0. The van der Waals surface area contributed by atoms with Crippen molar-refractivity contribution in [2.24, 2.45) is 0 Å². The lowest BCUT2D eigenvalue weighted by Crippen LogP contribution is -2.29. The molecule has 0 fully saturated rings. The van der Waals surface area contributed by atoms with Gasteiger partial charge in [0.1, 0.15) is 6.61 Å². The van der Waals surface area contributed by atoms with Crippen molar-refractivity contribution in [1.29, 1.82) is 5.26 Å². The Balaban J connectivity index is 2.40. The average molecular weight is 430 g/mol. The molecule has 8 heteroatoms. The summed E-state index contributed by atoms with van der Waals surface area (Å²) in [5.74, 6) is -2.22. The number of ether oxygens (including phenoxy) is 2. The van der Waals surface area contributed by atoms with Crippen LogP contribution in [-0.4, -0.2) is 25.7 Å². The molecule has 0 saturated heterocycles. The minimum Gasteiger partial charge on any atom is -0.546 e. The number of nitrogens with zero attached hydrogens (tertiary/aromatic N) is 1. The van der Waals surface area contributed by atoms with E-state index in [-0.39, 0.29) is 22.6 Å². The van der Waals surface area contributed by atoms with E-state index in [0.29, 0.717) is 15.6 Å². The van der Waals surface area contributed by atoms with Gasteiger partial charge in [0, 0.05) is 0 Å². The normalized spacial score (nSPS) is 10.8. The van der Waals surface area contributed by atoms with Crippen LogP contribution >= 0.6 is 15.9 Å². The maximum Gasteiger partial charge on any atom is 0.175 e. The van der Waals surface area contributed by atoms with Gasteiger partial charge in [-0.3, -0.25) is 0 Å². The Morgan fingerprint density at radius 1 is 1.19 bits per heavy atom. The molecule has 2 aromatic rings. The van der Waals surface area contributed by atoms with Gasteiger partial charge >= 0.3 is 0 Å². The molecule has 7 nitrogen and oxygen atoms in total. The number of halogens is 1. The van der Waals surface area contributed by atoms with Crippen LogP contribution in [0.4, 0.5) is 0 Å². The van der Waals surface area contributed by atoms with Gasteiger partial charge in [-0.2, -0.15) is 5.26 Å². The molecule has 27 heavy (non-hydrogen) atoms. The van der Waals surface area contributed by atoms with E-state index in [2.05, 4.69) is 22.0 Å². The van der Waals surface area contributed by atoms with Crippen LogP contribution < -0.4 is 19.7 Å². The number of rotatable bonds is 7. The van der Waals surface area contributed by atoms with Crippen LogP contribution in [0.3, 0.4) is 0 Å². The van der Waals surface area contributed by atoms with E-state index < -0.39 is 18.5 Å². The fraction of sp³-hybridized carbons (Fsp3) is 0.105. The van der Waals surface area contributed by atoms with Gasteiger partial charge in [0.25, 0.3) is 0 Å². The Labute approximate surface area is 163 Å². The molecule has 0 aromatic heterocycles. The Kier molecular flexibility index (Phi) is 6.57. The summed E-state index contributed by atoms with van der Waals surface area (Å²) in [6.07, 6.45) is 1.57. The first-order chi connectivity index (χ1) is 12.8. The van der Waals surface area contributed by atoms with E-state index >= 15 is 0 Å². The SMILES string of the molecule is COc1cc(/C=C(\C#N)c2ccc(C(=O)[O-])cc2)cc(Br)c1OCC(=O)[O-]. The standard InChI is InChI=1S/C19H14BrNO6/c1-26-16-8-11(7-15(20)18(16)27-10-17(22)23)6-14(9-21)12-2-4-13(5-3-12)19(24)25/h2-8H,10H2,1H3,(H,22,23)(H,24,25)/p-2/b14-6+. The van der Waals surface area contributed by atoms with Crippen LogP contribution in [0.1, 0.15) is 21.5 Å². The molecule has 0 N–H and O–H groups in total. The van der Waals surface area contributed by atoms with Gasteiger partial charge in [0.05, 0.1) is 35.2 Å². The van der Waals surface area contributed by atoms with E-state index in [9.17, 15) is 25.1 Å². The second kappa shape index (κ2) is 8.87. The second-order valence-electron chi connectivity index (χ2n) is 5.23. The molecule has 2 rings (SSSR count). The molecule has 0 atom stereocenters. The zero-order valence-corrected chi connectivity index (χ0v) is 15.6. The summed E-state index contributed by atoms with van der Waals surface area (Å²) in [5, 5.41) is 30.8. The van der Waals surface area contributed by atoms with Gasteiger partial charge in [-0.05, 0) is 50.8 Å². The molecule has 0 amide bonds. The fourth-order valence-electron chi connectivity index (χ4n) is 2.23. The first-order valence-electron chi connectivity index (χ1n) is 7.49. The van der Waals surface area contributed by atoms with Crippen molar-refractivity contribution in [3.63, 3.8) is 0 Å². The van der Waals surface area contributed by atoms with Crippen molar-refractivity contribution in [3.8, 4) is 17.6 Å². The molecule has 0 aliphatic heterocycles. The molecule has 0 aliphatic carbocycles. The lowest BCUT2D eigenvalue weighted by Gasteiger charge is -2.14. The molecule has 0 spiro atoms. The van der Waals surface area contributed by atoms with Gasteiger partial charge in [-0.25, -0.2) is 0 Å². The number of hydrogen-bond donors (Lipinski definition) is 0. The van der Waals surface area contributed by atoms with Gasteiger partial charge in [-0.1, -0.05) is 24.3 Å². The summed E-state index contributed by atoms with van der Waals surface area (Å²) >= 11 is 3.28. The number of carbonyl (C=O) groups is 2. The van der Waals surface area contributed by atoms with Crippen molar-refractivity contribution in [3.05, 3.63) is 57.6 Å². The molecular formula is C19H12BrNO6-2. The summed E-state index contributed by atoms with van der Waals surface area (Å²) in [5.41, 5.74) is 1.40. The number of aromatic carboxylic acids is 1. The second-order valence-corrected chi connectivity index (χ2v) is 6.08. The van der Waals surface area contributed by atoms with Crippen molar-refractivity contribution < 1.29 is 29.3 Å². The quantitative estimate of drug-likeness (QED) is 0.475. The maximum atomic E-state index is 10.8. The summed E-state index contributed by atoms with van der Waals surface area (Å²) in [4.78, 5) is 21.4.